The maximum Gasteiger partial charge on any atom is 0.191 e. The van der Waals surface area contributed by atoms with Gasteiger partial charge >= 0.3 is 0 Å². The van der Waals surface area contributed by atoms with Gasteiger partial charge in [-0.25, -0.2) is 4.99 Å². The average molecular weight is 449 g/mol. The van der Waals surface area contributed by atoms with Crippen molar-refractivity contribution in [1.29, 1.82) is 0 Å². The topological polar surface area (TPSA) is 75.1 Å². The number of rotatable bonds is 7. The summed E-state index contributed by atoms with van der Waals surface area (Å²) >= 11 is 0. The highest BCUT2D eigenvalue weighted by Gasteiger charge is 2.18. The molecule has 1 heterocycles. The molecule has 1 aliphatic heterocycles. The maximum atomic E-state index is 8.93. The minimum atomic E-state index is 0. The first-order valence-corrected chi connectivity index (χ1v) is 8.20. The lowest BCUT2D eigenvalue weighted by Gasteiger charge is -2.16. The molecular formula is C17H28IN3O3. The largest absolute Gasteiger partial charge is 0.488 e. The van der Waals surface area contributed by atoms with Crippen LogP contribution in [0.3, 0.4) is 0 Å². The van der Waals surface area contributed by atoms with Crippen LogP contribution < -0.4 is 15.4 Å². The Morgan fingerprint density at radius 2 is 2.25 bits per heavy atom. The summed E-state index contributed by atoms with van der Waals surface area (Å²) in [5.41, 5.74) is 2.21. The predicted molar refractivity (Wildman–Crippen MR) is 106 cm³/mol. The number of hydrogen-bond acceptors (Lipinski definition) is 4. The maximum absolute atomic E-state index is 8.93. The zero-order chi connectivity index (χ0) is 16.5. The zero-order valence-corrected chi connectivity index (χ0v) is 16.7. The molecule has 1 saturated heterocycles. The fourth-order valence-corrected chi connectivity index (χ4v) is 2.37. The molecule has 1 fully saturated rings. The monoisotopic (exact) mass is 449 g/mol. The number of halogens is 1. The van der Waals surface area contributed by atoms with Crippen LogP contribution in [0.4, 0.5) is 0 Å². The number of aliphatic imine (C=N–C) groups is 1. The van der Waals surface area contributed by atoms with E-state index < -0.39 is 0 Å². The van der Waals surface area contributed by atoms with Gasteiger partial charge in [-0.3, -0.25) is 0 Å². The second-order valence-electron chi connectivity index (χ2n) is 5.56. The number of aliphatic hydroxyl groups is 1. The molecule has 1 aromatic rings. The fourth-order valence-electron chi connectivity index (χ4n) is 2.37. The third-order valence-corrected chi connectivity index (χ3v) is 3.56. The van der Waals surface area contributed by atoms with E-state index in [2.05, 4.69) is 40.7 Å². The Morgan fingerprint density at radius 3 is 2.92 bits per heavy atom. The Labute approximate surface area is 161 Å². The quantitative estimate of drug-likeness (QED) is 0.337. The van der Waals surface area contributed by atoms with E-state index in [1.165, 1.54) is 0 Å². The van der Waals surface area contributed by atoms with Gasteiger partial charge in [-0.2, -0.15) is 0 Å². The van der Waals surface area contributed by atoms with Gasteiger partial charge in [0.2, 0.25) is 0 Å². The zero-order valence-electron chi connectivity index (χ0n) is 14.4. The van der Waals surface area contributed by atoms with Crippen molar-refractivity contribution in [3.05, 3.63) is 29.3 Å². The summed E-state index contributed by atoms with van der Waals surface area (Å²) in [5, 5.41) is 15.2. The SMILES string of the molecule is CCNC(=NCc1ccc(C)cc1OC1CCOC1)NCCO.I. The van der Waals surface area contributed by atoms with Crippen molar-refractivity contribution in [3.63, 3.8) is 0 Å². The van der Waals surface area contributed by atoms with Crippen LogP contribution >= 0.6 is 24.0 Å². The van der Waals surface area contributed by atoms with Gasteiger partial charge in [-0.15, -0.1) is 24.0 Å². The number of aryl methyl sites for hydroxylation is 1. The molecule has 0 saturated carbocycles. The number of hydrogen-bond donors (Lipinski definition) is 3. The molecule has 24 heavy (non-hydrogen) atoms. The van der Waals surface area contributed by atoms with E-state index in [9.17, 15) is 0 Å². The van der Waals surface area contributed by atoms with E-state index in [0.717, 1.165) is 36.4 Å². The summed E-state index contributed by atoms with van der Waals surface area (Å²) in [6.07, 6.45) is 1.05. The number of guanidine groups is 1. The number of aliphatic hydroxyl groups excluding tert-OH is 1. The molecule has 0 aliphatic carbocycles. The first-order valence-electron chi connectivity index (χ1n) is 8.20. The van der Waals surface area contributed by atoms with Crippen LogP contribution in [-0.4, -0.2) is 50.1 Å². The molecule has 0 bridgehead atoms. The first kappa shape index (κ1) is 21.0. The molecule has 3 N–H and O–H groups in total. The van der Waals surface area contributed by atoms with E-state index in [4.69, 9.17) is 14.6 Å². The van der Waals surface area contributed by atoms with Crippen molar-refractivity contribution in [2.24, 2.45) is 4.99 Å². The molecule has 1 atom stereocenters. The van der Waals surface area contributed by atoms with Crippen molar-refractivity contribution in [3.8, 4) is 5.75 Å². The van der Waals surface area contributed by atoms with Crippen molar-refractivity contribution in [2.75, 3.05) is 32.9 Å². The summed E-state index contributed by atoms with van der Waals surface area (Å²) < 4.78 is 11.5. The second-order valence-corrected chi connectivity index (χ2v) is 5.56. The molecule has 1 unspecified atom stereocenters. The van der Waals surface area contributed by atoms with E-state index in [0.29, 0.717) is 25.7 Å². The number of nitrogens with one attached hydrogen (secondary N) is 2. The van der Waals surface area contributed by atoms with Crippen LogP contribution in [0.25, 0.3) is 0 Å². The van der Waals surface area contributed by atoms with Crippen LogP contribution in [0.15, 0.2) is 23.2 Å². The molecule has 1 aliphatic rings. The molecule has 0 aromatic heterocycles. The fraction of sp³-hybridized carbons (Fsp3) is 0.588. The van der Waals surface area contributed by atoms with Crippen molar-refractivity contribution in [2.45, 2.75) is 32.9 Å². The normalized spacial score (nSPS) is 17.3. The molecule has 2 rings (SSSR count). The minimum Gasteiger partial charge on any atom is -0.488 e. The van der Waals surface area contributed by atoms with E-state index >= 15 is 0 Å². The van der Waals surface area contributed by atoms with Crippen LogP contribution in [0.5, 0.6) is 5.75 Å². The lowest BCUT2D eigenvalue weighted by atomic mass is 10.1. The summed E-state index contributed by atoms with van der Waals surface area (Å²) in [5.74, 6) is 1.57. The Morgan fingerprint density at radius 1 is 1.42 bits per heavy atom. The van der Waals surface area contributed by atoms with E-state index in [1.54, 1.807) is 0 Å². The molecule has 0 radical (unpaired) electrons. The van der Waals surface area contributed by atoms with Gasteiger partial charge in [0.15, 0.2) is 5.96 Å². The van der Waals surface area contributed by atoms with Gasteiger partial charge in [0, 0.05) is 25.1 Å². The van der Waals surface area contributed by atoms with Crippen LogP contribution in [0.2, 0.25) is 0 Å². The number of benzene rings is 1. The lowest BCUT2D eigenvalue weighted by Crippen LogP contribution is -2.38. The number of nitrogens with zero attached hydrogens (tertiary/aromatic N) is 1. The summed E-state index contributed by atoms with van der Waals surface area (Å²) in [6.45, 7) is 7.32. The molecule has 7 heteroatoms. The standard InChI is InChI=1S/C17H27N3O3.HI/c1-3-18-17(19-7-8-21)20-11-14-5-4-13(2)10-16(14)23-15-6-9-22-12-15;/h4-5,10,15,21H,3,6-9,11-12H2,1-2H3,(H2,18,19,20);1H. The minimum absolute atomic E-state index is 0. The van der Waals surface area contributed by atoms with Crippen LogP contribution in [0, 0.1) is 6.92 Å². The molecule has 0 spiro atoms. The van der Waals surface area contributed by atoms with Crippen LogP contribution in [-0.2, 0) is 11.3 Å². The molecule has 6 nitrogen and oxygen atoms in total. The lowest BCUT2D eigenvalue weighted by molar-refractivity contribution is 0.140. The van der Waals surface area contributed by atoms with Gasteiger partial charge in [0.25, 0.3) is 0 Å². The Kier molecular flexibility index (Phi) is 10.0. The average Bonchev–Trinajstić information content (AvgIpc) is 3.04. The van der Waals surface area contributed by atoms with Gasteiger partial charge in [-0.05, 0) is 25.5 Å². The third kappa shape index (κ3) is 6.82. The first-order chi connectivity index (χ1) is 11.2. The smallest absolute Gasteiger partial charge is 0.191 e. The Hall–Kier alpha value is -1.06. The van der Waals surface area contributed by atoms with Crippen LogP contribution in [0.1, 0.15) is 24.5 Å². The molecule has 0 amide bonds. The van der Waals surface area contributed by atoms with Gasteiger partial charge < -0.3 is 25.2 Å². The highest BCUT2D eigenvalue weighted by atomic mass is 127. The van der Waals surface area contributed by atoms with Gasteiger partial charge in [0.05, 0.1) is 26.4 Å². The van der Waals surface area contributed by atoms with Crippen molar-refractivity contribution >= 4 is 29.9 Å². The van der Waals surface area contributed by atoms with E-state index in [-0.39, 0.29) is 36.7 Å². The van der Waals surface area contributed by atoms with Gasteiger partial charge in [0.1, 0.15) is 11.9 Å². The predicted octanol–water partition coefficient (Wildman–Crippen LogP) is 1.83. The molecule has 1 aromatic carbocycles. The highest BCUT2D eigenvalue weighted by molar-refractivity contribution is 14.0. The van der Waals surface area contributed by atoms with Gasteiger partial charge in [-0.1, -0.05) is 12.1 Å². The third-order valence-electron chi connectivity index (χ3n) is 3.56. The summed E-state index contributed by atoms with van der Waals surface area (Å²) in [6, 6.07) is 6.17. The Balaban J connectivity index is 0.00000288. The Bertz CT molecular complexity index is 520. The molecule has 136 valence electrons. The summed E-state index contributed by atoms with van der Waals surface area (Å²) in [4.78, 5) is 4.56. The van der Waals surface area contributed by atoms with Crippen molar-refractivity contribution < 1.29 is 14.6 Å². The van der Waals surface area contributed by atoms with E-state index in [1.807, 2.05) is 6.92 Å². The summed E-state index contributed by atoms with van der Waals surface area (Å²) in [7, 11) is 0. The number of ether oxygens (including phenoxy) is 2. The second kappa shape index (κ2) is 11.5. The van der Waals surface area contributed by atoms with Crippen molar-refractivity contribution in [1.82, 2.24) is 10.6 Å². The molecular weight excluding hydrogens is 421 g/mol. The highest BCUT2D eigenvalue weighted by Crippen LogP contribution is 2.24.